The Bertz CT molecular complexity index is 333. The van der Waals surface area contributed by atoms with Crippen molar-refractivity contribution in [2.24, 2.45) is 5.73 Å². The van der Waals surface area contributed by atoms with Crippen LogP contribution in [0.25, 0.3) is 0 Å². The van der Waals surface area contributed by atoms with Crippen LogP contribution in [0.5, 0.6) is 0 Å². The molecule has 0 unspecified atom stereocenters. The third-order valence-electron chi connectivity index (χ3n) is 1.95. The van der Waals surface area contributed by atoms with E-state index in [1.54, 1.807) is 0 Å². The number of aryl methyl sites for hydroxylation is 1. The van der Waals surface area contributed by atoms with Crippen molar-refractivity contribution in [1.82, 2.24) is 0 Å². The number of halogens is 4. The maximum atomic E-state index is 12.9. The van der Waals surface area contributed by atoms with Crippen molar-refractivity contribution in [3.8, 4) is 0 Å². The Kier molecular flexibility index (Phi) is 3.68. The molecular formula is C10H11F4N. The van der Waals surface area contributed by atoms with Crippen molar-refractivity contribution >= 4 is 0 Å². The maximum Gasteiger partial charge on any atom is 0.416 e. The maximum absolute atomic E-state index is 12.9. The van der Waals surface area contributed by atoms with E-state index in [-0.39, 0.29) is 0 Å². The highest BCUT2D eigenvalue weighted by Gasteiger charge is 2.31. The Morgan fingerprint density at radius 2 is 1.80 bits per heavy atom. The van der Waals surface area contributed by atoms with Gasteiger partial charge in [0.25, 0.3) is 0 Å². The molecule has 0 saturated carbocycles. The van der Waals surface area contributed by atoms with Crippen molar-refractivity contribution in [2.45, 2.75) is 19.0 Å². The number of rotatable bonds is 3. The molecule has 0 amide bonds. The molecule has 0 aliphatic carbocycles. The fourth-order valence-corrected chi connectivity index (χ4v) is 1.26. The average molecular weight is 221 g/mol. The predicted octanol–water partition coefficient (Wildman–Crippen LogP) is 2.74. The summed E-state index contributed by atoms with van der Waals surface area (Å²) in [5.41, 5.74) is 4.60. The minimum absolute atomic E-state index is 0.327. The van der Waals surface area contributed by atoms with Crippen LogP contribution in [-0.4, -0.2) is 6.54 Å². The molecule has 0 aliphatic rings. The van der Waals surface area contributed by atoms with Crippen molar-refractivity contribution in [3.05, 3.63) is 35.1 Å². The Labute approximate surface area is 84.9 Å². The summed E-state index contributed by atoms with van der Waals surface area (Å²) < 4.78 is 49.7. The molecule has 1 aromatic carbocycles. The SMILES string of the molecule is NCCCc1cc(F)cc(C(F)(F)F)c1. The fourth-order valence-electron chi connectivity index (χ4n) is 1.26. The second kappa shape index (κ2) is 4.61. The van der Waals surface area contributed by atoms with Gasteiger partial charge in [0.15, 0.2) is 0 Å². The van der Waals surface area contributed by atoms with Crippen LogP contribution in [-0.2, 0) is 12.6 Å². The molecule has 5 heteroatoms. The van der Waals surface area contributed by atoms with Gasteiger partial charge in [-0.05, 0) is 43.1 Å². The first-order valence-corrected chi connectivity index (χ1v) is 4.50. The lowest BCUT2D eigenvalue weighted by molar-refractivity contribution is -0.137. The van der Waals surface area contributed by atoms with Crippen LogP contribution < -0.4 is 5.73 Å². The van der Waals surface area contributed by atoms with Crippen molar-refractivity contribution in [1.29, 1.82) is 0 Å². The summed E-state index contributed by atoms with van der Waals surface area (Å²) in [6.45, 7) is 0.373. The zero-order valence-corrected chi connectivity index (χ0v) is 7.94. The molecular weight excluding hydrogens is 210 g/mol. The summed E-state index contributed by atoms with van der Waals surface area (Å²) in [7, 11) is 0. The van der Waals surface area contributed by atoms with Gasteiger partial charge in [0, 0.05) is 0 Å². The molecule has 0 heterocycles. The van der Waals surface area contributed by atoms with Crippen LogP contribution >= 0.6 is 0 Å². The van der Waals surface area contributed by atoms with E-state index in [0.717, 1.165) is 12.1 Å². The van der Waals surface area contributed by atoms with E-state index in [0.29, 0.717) is 31.0 Å². The Morgan fingerprint density at radius 1 is 1.13 bits per heavy atom. The molecule has 2 N–H and O–H groups in total. The van der Waals surface area contributed by atoms with Crippen LogP contribution in [0.15, 0.2) is 18.2 Å². The Balaban J connectivity index is 2.95. The number of hydrogen-bond donors (Lipinski definition) is 1. The largest absolute Gasteiger partial charge is 0.416 e. The molecule has 0 fully saturated rings. The summed E-state index contributed by atoms with van der Waals surface area (Å²) in [6, 6.07) is 2.55. The lowest BCUT2D eigenvalue weighted by atomic mass is 10.1. The molecule has 0 bridgehead atoms. The van der Waals surface area contributed by atoms with E-state index in [9.17, 15) is 17.6 Å². The van der Waals surface area contributed by atoms with Crippen LogP contribution in [0.2, 0.25) is 0 Å². The minimum Gasteiger partial charge on any atom is -0.330 e. The number of alkyl halides is 3. The summed E-state index contributed by atoms with van der Waals surface area (Å²) in [5, 5.41) is 0. The first-order valence-electron chi connectivity index (χ1n) is 4.50. The van der Waals surface area contributed by atoms with Gasteiger partial charge >= 0.3 is 6.18 Å². The summed E-state index contributed by atoms with van der Waals surface area (Å²) in [4.78, 5) is 0. The summed E-state index contributed by atoms with van der Waals surface area (Å²) in [6.07, 6.45) is -3.60. The molecule has 1 rings (SSSR count). The molecule has 0 saturated heterocycles. The number of benzene rings is 1. The van der Waals surface area contributed by atoms with Gasteiger partial charge in [0.2, 0.25) is 0 Å². The second-order valence-corrected chi connectivity index (χ2v) is 3.24. The van der Waals surface area contributed by atoms with Gasteiger partial charge in [0.1, 0.15) is 5.82 Å². The molecule has 0 atom stereocenters. The van der Waals surface area contributed by atoms with Gasteiger partial charge < -0.3 is 5.73 Å². The van der Waals surface area contributed by atoms with E-state index in [2.05, 4.69) is 0 Å². The van der Waals surface area contributed by atoms with Crippen LogP contribution in [0.1, 0.15) is 17.5 Å². The number of hydrogen-bond acceptors (Lipinski definition) is 1. The molecule has 1 nitrogen and oxygen atoms in total. The Hall–Kier alpha value is -1.10. The monoisotopic (exact) mass is 221 g/mol. The zero-order chi connectivity index (χ0) is 11.5. The highest BCUT2D eigenvalue weighted by atomic mass is 19.4. The first kappa shape index (κ1) is 12.0. The predicted molar refractivity (Wildman–Crippen MR) is 48.8 cm³/mol. The number of nitrogens with two attached hydrogens (primary N) is 1. The first-order chi connectivity index (χ1) is 6.93. The molecule has 84 valence electrons. The van der Waals surface area contributed by atoms with E-state index in [1.807, 2.05) is 0 Å². The smallest absolute Gasteiger partial charge is 0.330 e. The van der Waals surface area contributed by atoms with E-state index >= 15 is 0 Å². The quantitative estimate of drug-likeness (QED) is 0.780. The Morgan fingerprint density at radius 3 is 2.33 bits per heavy atom. The average Bonchev–Trinajstić information content (AvgIpc) is 2.12. The molecule has 1 aromatic rings. The van der Waals surface area contributed by atoms with Crippen molar-refractivity contribution in [3.63, 3.8) is 0 Å². The highest BCUT2D eigenvalue weighted by Crippen LogP contribution is 2.30. The van der Waals surface area contributed by atoms with Crippen LogP contribution in [0, 0.1) is 5.82 Å². The van der Waals surface area contributed by atoms with Gasteiger partial charge in [0.05, 0.1) is 5.56 Å². The van der Waals surface area contributed by atoms with Gasteiger partial charge in [-0.1, -0.05) is 0 Å². The standard InChI is InChI=1S/C10H11F4N/c11-9-5-7(2-1-3-15)4-8(6-9)10(12,13)14/h4-6H,1-3,15H2. The summed E-state index contributed by atoms with van der Waals surface area (Å²) in [5.74, 6) is -0.864. The van der Waals surface area contributed by atoms with E-state index in [4.69, 9.17) is 5.73 Å². The van der Waals surface area contributed by atoms with Gasteiger partial charge in [-0.3, -0.25) is 0 Å². The molecule has 0 spiro atoms. The molecule has 0 radical (unpaired) electrons. The van der Waals surface area contributed by atoms with Crippen LogP contribution in [0.4, 0.5) is 17.6 Å². The van der Waals surface area contributed by atoms with Gasteiger partial charge in [-0.15, -0.1) is 0 Å². The molecule has 15 heavy (non-hydrogen) atoms. The van der Waals surface area contributed by atoms with Crippen molar-refractivity contribution < 1.29 is 17.6 Å². The van der Waals surface area contributed by atoms with Crippen molar-refractivity contribution in [2.75, 3.05) is 6.54 Å². The normalized spacial score (nSPS) is 11.8. The van der Waals surface area contributed by atoms with Gasteiger partial charge in [-0.25, -0.2) is 4.39 Å². The highest BCUT2D eigenvalue weighted by molar-refractivity contribution is 5.26. The lowest BCUT2D eigenvalue weighted by Gasteiger charge is -2.09. The van der Waals surface area contributed by atoms with E-state index < -0.39 is 17.6 Å². The third-order valence-corrected chi connectivity index (χ3v) is 1.95. The molecule has 0 aromatic heterocycles. The van der Waals surface area contributed by atoms with E-state index in [1.165, 1.54) is 0 Å². The zero-order valence-electron chi connectivity index (χ0n) is 7.94. The topological polar surface area (TPSA) is 26.0 Å². The van der Waals surface area contributed by atoms with Crippen LogP contribution in [0.3, 0.4) is 0 Å². The minimum atomic E-state index is -4.50. The fraction of sp³-hybridized carbons (Fsp3) is 0.400. The third kappa shape index (κ3) is 3.51. The lowest BCUT2D eigenvalue weighted by Crippen LogP contribution is -2.07. The van der Waals surface area contributed by atoms with Gasteiger partial charge in [-0.2, -0.15) is 13.2 Å². The second-order valence-electron chi connectivity index (χ2n) is 3.24. The summed E-state index contributed by atoms with van der Waals surface area (Å²) >= 11 is 0. The molecule has 0 aliphatic heterocycles.